The first-order chi connectivity index (χ1) is 13.1. The quantitative estimate of drug-likeness (QED) is 0.462. The Morgan fingerprint density at radius 1 is 1.30 bits per heavy atom. The van der Waals surface area contributed by atoms with Gasteiger partial charge in [-0.2, -0.15) is 0 Å². The third kappa shape index (κ3) is 4.97. The number of fused-ring (bicyclic) bond motifs is 1. The summed E-state index contributed by atoms with van der Waals surface area (Å²) in [5.41, 5.74) is 2.81. The molecule has 0 aliphatic heterocycles. The van der Waals surface area contributed by atoms with E-state index in [0.29, 0.717) is 35.1 Å². The number of carbonyl (C=O) groups excluding carboxylic acids is 1. The molecule has 1 N–H and O–H groups in total. The van der Waals surface area contributed by atoms with Gasteiger partial charge in [-0.3, -0.25) is 14.2 Å². The van der Waals surface area contributed by atoms with Crippen molar-refractivity contribution in [3.63, 3.8) is 0 Å². The van der Waals surface area contributed by atoms with Crippen molar-refractivity contribution in [2.45, 2.75) is 25.2 Å². The van der Waals surface area contributed by atoms with Crippen LogP contribution in [0.2, 0.25) is 0 Å². The molecule has 2 heterocycles. The number of carbonyl (C=O) groups is 1. The van der Waals surface area contributed by atoms with Crippen LogP contribution in [0.4, 0.5) is 0 Å². The average molecular weight is 404 g/mol. The Labute approximate surface area is 165 Å². The summed E-state index contributed by atoms with van der Waals surface area (Å²) in [7, 11) is 1.59. The third-order valence-corrected chi connectivity index (χ3v) is 5.86. The van der Waals surface area contributed by atoms with Gasteiger partial charge >= 0.3 is 0 Å². The van der Waals surface area contributed by atoms with Crippen molar-refractivity contribution >= 4 is 39.2 Å². The van der Waals surface area contributed by atoms with Crippen LogP contribution in [0.5, 0.6) is 0 Å². The summed E-state index contributed by atoms with van der Waals surface area (Å²) < 4.78 is 7.31. The maximum absolute atomic E-state index is 12.7. The summed E-state index contributed by atoms with van der Waals surface area (Å²) in [5, 5.41) is 5.29. The zero-order chi connectivity index (χ0) is 19.2. The number of amides is 1. The number of benzene rings is 1. The Balaban J connectivity index is 1.67. The molecule has 3 aromatic rings. The first-order valence-corrected chi connectivity index (χ1v) is 10.4. The van der Waals surface area contributed by atoms with Crippen LogP contribution in [0.3, 0.4) is 0 Å². The molecule has 0 saturated carbocycles. The number of thioether (sulfide) groups is 1. The van der Waals surface area contributed by atoms with Crippen molar-refractivity contribution in [2.75, 3.05) is 19.5 Å². The molecule has 0 aliphatic rings. The molecule has 3 rings (SSSR count). The highest BCUT2D eigenvalue weighted by atomic mass is 32.2. The van der Waals surface area contributed by atoms with Gasteiger partial charge in [0.1, 0.15) is 4.70 Å². The molecule has 0 saturated heterocycles. The lowest BCUT2D eigenvalue weighted by Gasteiger charge is -2.11. The van der Waals surface area contributed by atoms with Crippen LogP contribution in [-0.4, -0.2) is 34.9 Å². The van der Waals surface area contributed by atoms with Crippen LogP contribution in [0.25, 0.3) is 10.2 Å². The van der Waals surface area contributed by atoms with Crippen LogP contribution < -0.4 is 10.9 Å². The van der Waals surface area contributed by atoms with E-state index in [4.69, 9.17) is 4.74 Å². The normalized spacial score (nSPS) is 11.0. The molecule has 0 aliphatic carbocycles. The summed E-state index contributed by atoms with van der Waals surface area (Å²) in [5.74, 6) is 0.0968. The Hall–Kier alpha value is -2.16. The molecule has 142 valence electrons. The zero-order valence-electron chi connectivity index (χ0n) is 15.2. The highest BCUT2D eigenvalue weighted by Crippen LogP contribution is 2.20. The first kappa shape index (κ1) is 19.6. The predicted molar refractivity (Wildman–Crippen MR) is 110 cm³/mol. The monoisotopic (exact) mass is 403 g/mol. The van der Waals surface area contributed by atoms with Gasteiger partial charge in [-0.15, -0.1) is 11.3 Å². The Morgan fingerprint density at radius 2 is 2.07 bits per heavy atom. The average Bonchev–Trinajstić information content (AvgIpc) is 3.14. The largest absolute Gasteiger partial charge is 0.383 e. The number of methoxy groups -OCH3 is 1. The number of nitrogens with one attached hydrogen (secondary N) is 1. The molecule has 6 nitrogen and oxygen atoms in total. The molecular weight excluding hydrogens is 382 g/mol. The minimum atomic E-state index is -0.0986. The lowest BCUT2D eigenvalue weighted by atomic mass is 10.1. The summed E-state index contributed by atoms with van der Waals surface area (Å²) in [6, 6.07) is 9.85. The van der Waals surface area contributed by atoms with Crippen molar-refractivity contribution in [3.05, 3.63) is 57.2 Å². The molecule has 8 heteroatoms. The van der Waals surface area contributed by atoms with E-state index in [1.807, 2.05) is 42.6 Å². The summed E-state index contributed by atoms with van der Waals surface area (Å²) in [6.45, 7) is 3.32. The molecule has 2 aromatic heterocycles. The minimum absolute atomic E-state index is 0.0883. The molecule has 0 unspecified atom stereocenters. The first-order valence-electron chi connectivity index (χ1n) is 8.50. The maximum atomic E-state index is 12.7. The number of nitrogens with zero attached hydrogens (tertiary/aromatic N) is 2. The van der Waals surface area contributed by atoms with Crippen LogP contribution in [0.15, 0.2) is 45.7 Å². The number of hydrogen-bond donors (Lipinski definition) is 1. The van der Waals surface area contributed by atoms with E-state index in [9.17, 15) is 9.59 Å². The van der Waals surface area contributed by atoms with Crippen molar-refractivity contribution in [3.8, 4) is 0 Å². The van der Waals surface area contributed by atoms with E-state index in [1.165, 1.54) is 28.7 Å². The van der Waals surface area contributed by atoms with Crippen LogP contribution in [0, 0.1) is 6.92 Å². The lowest BCUT2D eigenvalue weighted by molar-refractivity contribution is -0.118. The number of thiophene rings is 1. The van der Waals surface area contributed by atoms with Gasteiger partial charge in [0.2, 0.25) is 5.91 Å². The molecule has 0 spiro atoms. The minimum Gasteiger partial charge on any atom is -0.383 e. The number of rotatable bonds is 8. The fraction of sp³-hybridized carbons (Fsp3) is 0.316. The van der Waals surface area contributed by atoms with E-state index in [1.54, 1.807) is 11.7 Å². The topological polar surface area (TPSA) is 73.2 Å². The molecule has 27 heavy (non-hydrogen) atoms. The Morgan fingerprint density at radius 3 is 2.81 bits per heavy atom. The van der Waals surface area contributed by atoms with Gasteiger partial charge < -0.3 is 10.1 Å². The highest BCUT2D eigenvalue weighted by molar-refractivity contribution is 7.99. The molecule has 0 fully saturated rings. The van der Waals surface area contributed by atoms with Crippen molar-refractivity contribution < 1.29 is 9.53 Å². The molecule has 1 aromatic carbocycles. The van der Waals surface area contributed by atoms with Gasteiger partial charge in [0.15, 0.2) is 5.16 Å². The van der Waals surface area contributed by atoms with Gasteiger partial charge in [-0.1, -0.05) is 41.6 Å². The molecule has 1 amide bonds. The van der Waals surface area contributed by atoms with Gasteiger partial charge in [0.25, 0.3) is 5.56 Å². The molecule has 0 bridgehead atoms. The second-order valence-corrected chi connectivity index (χ2v) is 7.89. The highest BCUT2D eigenvalue weighted by Gasteiger charge is 2.14. The number of ether oxygens (including phenoxy) is 1. The molecule has 0 radical (unpaired) electrons. The Bertz CT molecular complexity index is 980. The van der Waals surface area contributed by atoms with E-state index in [-0.39, 0.29) is 17.2 Å². The number of aryl methyl sites for hydroxylation is 1. The van der Waals surface area contributed by atoms with Crippen LogP contribution in [-0.2, 0) is 22.6 Å². The van der Waals surface area contributed by atoms with Crippen molar-refractivity contribution in [1.82, 2.24) is 14.9 Å². The number of aromatic nitrogens is 2. The fourth-order valence-corrected chi connectivity index (χ4v) is 4.13. The zero-order valence-corrected chi connectivity index (χ0v) is 16.9. The van der Waals surface area contributed by atoms with Gasteiger partial charge in [0, 0.05) is 13.7 Å². The maximum Gasteiger partial charge on any atom is 0.272 e. The Kier molecular flexibility index (Phi) is 6.65. The lowest BCUT2D eigenvalue weighted by Crippen LogP contribution is -2.27. The second kappa shape index (κ2) is 9.16. The predicted octanol–water partition coefficient (Wildman–Crippen LogP) is 2.82. The van der Waals surface area contributed by atoms with E-state index in [2.05, 4.69) is 10.3 Å². The van der Waals surface area contributed by atoms with Gasteiger partial charge in [-0.05, 0) is 23.9 Å². The van der Waals surface area contributed by atoms with Crippen LogP contribution >= 0.6 is 23.1 Å². The van der Waals surface area contributed by atoms with Crippen molar-refractivity contribution in [2.24, 2.45) is 0 Å². The molecule has 0 atom stereocenters. The summed E-state index contributed by atoms with van der Waals surface area (Å²) in [4.78, 5) is 29.4. The van der Waals surface area contributed by atoms with E-state index < -0.39 is 0 Å². The third-order valence-electron chi connectivity index (χ3n) is 3.99. The number of hydrogen-bond acceptors (Lipinski definition) is 6. The summed E-state index contributed by atoms with van der Waals surface area (Å²) in [6.07, 6.45) is 0. The fourth-order valence-electron chi connectivity index (χ4n) is 2.50. The SMILES string of the molecule is COCCn1c(SCC(=O)NCc2ccc(C)cc2)nc2ccsc2c1=O. The van der Waals surface area contributed by atoms with Crippen molar-refractivity contribution in [1.29, 1.82) is 0 Å². The smallest absolute Gasteiger partial charge is 0.272 e. The van der Waals surface area contributed by atoms with E-state index >= 15 is 0 Å². The molecular formula is C19H21N3O3S2. The standard InChI is InChI=1S/C19H21N3O3S2/c1-13-3-5-14(6-4-13)11-20-16(23)12-27-19-21-15-7-10-26-17(15)18(24)22(19)8-9-25-2/h3-7,10H,8-9,11-12H2,1-2H3,(H,20,23). The summed E-state index contributed by atoms with van der Waals surface area (Å²) >= 11 is 2.64. The van der Waals surface area contributed by atoms with E-state index in [0.717, 1.165) is 5.56 Å². The van der Waals surface area contributed by atoms with Crippen LogP contribution in [0.1, 0.15) is 11.1 Å². The van der Waals surface area contributed by atoms with Gasteiger partial charge in [0.05, 0.1) is 24.4 Å². The van der Waals surface area contributed by atoms with Gasteiger partial charge in [-0.25, -0.2) is 4.98 Å². The second-order valence-electron chi connectivity index (χ2n) is 6.03.